The van der Waals surface area contributed by atoms with E-state index in [4.69, 9.17) is 14.6 Å². The van der Waals surface area contributed by atoms with Crippen LogP contribution in [0.3, 0.4) is 0 Å². The Morgan fingerprint density at radius 1 is 1.04 bits per heavy atom. The number of carbonyl (C=O) groups is 1. The van der Waals surface area contributed by atoms with E-state index < -0.39 is 16.1 Å². The number of hydrogen-bond acceptors (Lipinski definition) is 6. The van der Waals surface area contributed by atoms with Crippen molar-refractivity contribution in [2.45, 2.75) is 24.3 Å². The maximum atomic E-state index is 12.4. The molecular formula is C18H21N3O5S. The average molecular weight is 391 g/mol. The molecule has 1 aliphatic heterocycles. The van der Waals surface area contributed by atoms with E-state index >= 15 is 0 Å². The lowest BCUT2D eigenvalue weighted by Crippen LogP contribution is -2.31. The van der Waals surface area contributed by atoms with Gasteiger partial charge in [-0.2, -0.15) is 0 Å². The Kier molecular flexibility index (Phi) is 5.52. The van der Waals surface area contributed by atoms with Crippen LogP contribution >= 0.6 is 0 Å². The number of sulfonamides is 1. The van der Waals surface area contributed by atoms with Gasteiger partial charge in [-0.15, -0.1) is 0 Å². The molecule has 0 bridgehead atoms. The zero-order valence-electron chi connectivity index (χ0n) is 14.8. The van der Waals surface area contributed by atoms with E-state index in [1.165, 1.54) is 24.3 Å². The molecule has 9 heteroatoms. The molecule has 1 heterocycles. The summed E-state index contributed by atoms with van der Waals surface area (Å²) in [6.07, 6.45) is 0.820. The Hall–Kier alpha value is -2.78. The van der Waals surface area contributed by atoms with Crippen molar-refractivity contribution in [2.24, 2.45) is 5.14 Å². The predicted octanol–water partition coefficient (Wildman–Crippen LogP) is 1.93. The van der Waals surface area contributed by atoms with Crippen LogP contribution in [0.2, 0.25) is 0 Å². The fraction of sp³-hybridized carbons (Fsp3) is 0.278. The summed E-state index contributed by atoms with van der Waals surface area (Å²) in [6.45, 7) is 2.92. The van der Waals surface area contributed by atoms with Crippen molar-refractivity contribution in [3.8, 4) is 11.5 Å². The number of rotatable bonds is 5. The Bertz CT molecular complexity index is 929. The highest BCUT2D eigenvalue weighted by Gasteiger charge is 2.16. The first-order chi connectivity index (χ1) is 12.8. The van der Waals surface area contributed by atoms with Crippen LogP contribution < -0.4 is 25.2 Å². The van der Waals surface area contributed by atoms with Crippen LogP contribution in [0.5, 0.6) is 11.5 Å². The minimum absolute atomic E-state index is 0.0149. The smallest absolute Gasteiger partial charge is 0.246 e. The van der Waals surface area contributed by atoms with Crippen LogP contribution in [0.4, 0.5) is 11.4 Å². The largest absolute Gasteiger partial charge is 0.490 e. The zero-order chi connectivity index (χ0) is 19.4. The normalized spacial score (nSPS) is 14.7. The molecule has 27 heavy (non-hydrogen) atoms. The molecule has 0 unspecified atom stereocenters. The van der Waals surface area contributed by atoms with Crippen molar-refractivity contribution in [3.05, 3.63) is 42.5 Å². The number of ether oxygens (including phenoxy) is 2. The van der Waals surface area contributed by atoms with Gasteiger partial charge in [-0.1, -0.05) is 0 Å². The number of nitrogens with two attached hydrogens (primary N) is 1. The maximum absolute atomic E-state index is 12.4. The third kappa shape index (κ3) is 4.89. The molecule has 144 valence electrons. The van der Waals surface area contributed by atoms with Crippen molar-refractivity contribution in [1.29, 1.82) is 0 Å². The van der Waals surface area contributed by atoms with Gasteiger partial charge < -0.3 is 20.1 Å². The van der Waals surface area contributed by atoms with Crippen LogP contribution in [0.25, 0.3) is 0 Å². The number of primary sulfonamides is 1. The topological polar surface area (TPSA) is 120 Å². The summed E-state index contributed by atoms with van der Waals surface area (Å²) in [4.78, 5) is 12.4. The van der Waals surface area contributed by atoms with Gasteiger partial charge in [0.05, 0.1) is 18.1 Å². The molecule has 3 rings (SSSR count). The monoisotopic (exact) mass is 391 g/mol. The molecule has 4 N–H and O–H groups in total. The van der Waals surface area contributed by atoms with E-state index in [2.05, 4.69) is 10.6 Å². The number of fused-ring (bicyclic) bond motifs is 1. The molecule has 2 aromatic rings. The molecule has 0 fully saturated rings. The Labute approximate surface area is 157 Å². The van der Waals surface area contributed by atoms with E-state index in [1.54, 1.807) is 19.1 Å². The van der Waals surface area contributed by atoms with Gasteiger partial charge in [0.1, 0.15) is 6.04 Å². The molecule has 0 spiro atoms. The Morgan fingerprint density at radius 3 is 2.33 bits per heavy atom. The second-order valence-electron chi connectivity index (χ2n) is 6.14. The highest BCUT2D eigenvalue weighted by molar-refractivity contribution is 7.89. The van der Waals surface area contributed by atoms with Crippen LogP contribution in [-0.4, -0.2) is 33.6 Å². The second-order valence-corrected chi connectivity index (χ2v) is 7.70. The van der Waals surface area contributed by atoms with E-state index in [-0.39, 0.29) is 10.8 Å². The maximum Gasteiger partial charge on any atom is 0.246 e. The lowest BCUT2D eigenvalue weighted by Gasteiger charge is -2.17. The van der Waals surface area contributed by atoms with Crippen molar-refractivity contribution in [3.63, 3.8) is 0 Å². The Balaban J connectivity index is 1.63. The van der Waals surface area contributed by atoms with Gasteiger partial charge in [0.2, 0.25) is 15.9 Å². The van der Waals surface area contributed by atoms with Gasteiger partial charge in [-0.3, -0.25) is 4.79 Å². The number of carbonyl (C=O) groups excluding carboxylic acids is 1. The van der Waals surface area contributed by atoms with Gasteiger partial charge in [0.15, 0.2) is 11.5 Å². The molecule has 0 saturated carbocycles. The number of benzene rings is 2. The summed E-state index contributed by atoms with van der Waals surface area (Å²) in [5, 5.41) is 10.9. The lowest BCUT2D eigenvalue weighted by molar-refractivity contribution is -0.116. The minimum Gasteiger partial charge on any atom is -0.490 e. The summed E-state index contributed by atoms with van der Waals surface area (Å²) in [5.74, 6) is 1.05. The SMILES string of the molecule is C[C@@H](Nc1ccc2c(c1)OCCCO2)C(=O)Nc1ccc(S(N)(=O)=O)cc1. The zero-order valence-corrected chi connectivity index (χ0v) is 15.6. The molecule has 0 aliphatic carbocycles. The first-order valence-corrected chi connectivity index (χ1v) is 9.97. The quantitative estimate of drug-likeness (QED) is 0.716. The number of nitrogens with one attached hydrogen (secondary N) is 2. The molecular weight excluding hydrogens is 370 g/mol. The van der Waals surface area contributed by atoms with Crippen LogP contribution in [0.1, 0.15) is 13.3 Å². The van der Waals surface area contributed by atoms with E-state index in [0.717, 1.165) is 12.1 Å². The molecule has 0 saturated heterocycles. The van der Waals surface area contributed by atoms with Gasteiger partial charge >= 0.3 is 0 Å². The molecule has 1 aliphatic rings. The van der Waals surface area contributed by atoms with Crippen LogP contribution in [-0.2, 0) is 14.8 Å². The molecule has 0 aromatic heterocycles. The average Bonchev–Trinajstić information content (AvgIpc) is 2.86. The molecule has 2 aromatic carbocycles. The van der Waals surface area contributed by atoms with Gasteiger partial charge in [-0.25, -0.2) is 13.6 Å². The lowest BCUT2D eigenvalue weighted by atomic mass is 10.2. The van der Waals surface area contributed by atoms with Crippen molar-refractivity contribution < 1.29 is 22.7 Å². The van der Waals surface area contributed by atoms with Crippen molar-refractivity contribution in [1.82, 2.24) is 0 Å². The first kappa shape index (κ1) is 19.0. The minimum atomic E-state index is -3.76. The fourth-order valence-corrected chi connectivity index (χ4v) is 3.06. The predicted molar refractivity (Wildman–Crippen MR) is 102 cm³/mol. The molecule has 1 atom stereocenters. The summed E-state index contributed by atoms with van der Waals surface area (Å²) in [6, 6.07) is 10.5. The third-order valence-electron chi connectivity index (χ3n) is 3.97. The molecule has 1 amide bonds. The van der Waals surface area contributed by atoms with E-state index in [0.29, 0.717) is 30.4 Å². The van der Waals surface area contributed by atoms with E-state index in [9.17, 15) is 13.2 Å². The second kappa shape index (κ2) is 7.85. The molecule has 0 radical (unpaired) electrons. The van der Waals surface area contributed by atoms with Gasteiger partial charge in [-0.05, 0) is 43.3 Å². The number of amides is 1. The molecule has 8 nitrogen and oxygen atoms in total. The fourth-order valence-electron chi connectivity index (χ4n) is 2.55. The standard InChI is InChI=1S/C18H21N3O5S/c1-12(18(22)21-13-3-6-15(7-4-13)27(19,23)24)20-14-5-8-16-17(11-14)26-10-2-9-25-16/h3-8,11-12,20H,2,9-10H2,1H3,(H,21,22)(H2,19,23,24)/t12-/m1/s1. The summed E-state index contributed by atoms with van der Waals surface area (Å²) >= 11 is 0. The van der Waals surface area contributed by atoms with E-state index in [1.807, 2.05) is 6.07 Å². The van der Waals surface area contributed by atoms with Gasteiger partial charge in [0, 0.05) is 23.9 Å². The third-order valence-corrected chi connectivity index (χ3v) is 4.90. The summed E-state index contributed by atoms with van der Waals surface area (Å²) < 4.78 is 33.8. The Morgan fingerprint density at radius 2 is 1.67 bits per heavy atom. The van der Waals surface area contributed by atoms with Crippen molar-refractivity contribution in [2.75, 3.05) is 23.8 Å². The summed E-state index contributed by atoms with van der Waals surface area (Å²) in [7, 11) is -3.76. The van der Waals surface area contributed by atoms with Crippen LogP contribution in [0.15, 0.2) is 47.4 Å². The van der Waals surface area contributed by atoms with Crippen LogP contribution in [0, 0.1) is 0 Å². The first-order valence-electron chi connectivity index (χ1n) is 8.43. The number of anilines is 2. The number of hydrogen-bond donors (Lipinski definition) is 3. The highest BCUT2D eigenvalue weighted by atomic mass is 32.2. The van der Waals surface area contributed by atoms with Gasteiger partial charge in [0.25, 0.3) is 0 Å². The summed E-state index contributed by atoms with van der Waals surface area (Å²) in [5.41, 5.74) is 1.20. The van der Waals surface area contributed by atoms with Crippen molar-refractivity contribution >= 4 is 27.3 Å². The highest BCUT2D eigenvalue weighted by Crippen LogP contribution is 2.32.